The predicted molar refractivity (Wildman–Crippen MR) is 111 cm³/mol. The monoisotopic (exact) mass is 404 g/mol. The highest BCUT2D eigenvalue weighted by Gasteiger charge is 2.38. The summed E-state index contributed by atoms with van der Waals surface area (Å²) in [5, 5.41) is 13.7. The number of amides is 1. The SMILES string of the molecule is COc1cc(/C=N/NC(=O)[C@H]2Oc3ccccc3O[C@@H]2c2ccccc2)ccc1O. The highest BCUT2D eigenvalue weighted by Crippen LogP contribution is 2.39. The molecule has 0 aromatic heterocycles. The van der Waals surface area contributed by atoms with Gasteiger partial charge in [0.05, 0.1) is 13.3 Å². The van der Waals surface area contributed by atoms with Gasteiger partial charge in [0.2, 0.25) is 6.10 Å². The molecule has 3 aromatic rings. The van der Waals surface area contributed by atoms with Gasteiger partial charge in [-0.1, -0.05) is 42.5 Å². The fourth-order valence-corrected chi connectivity index (χ4v) is 3.13. The van der Waals surface area contributed by atoms with Crippen molar-refractivity contribution >= 4 is 12.1 Å². The van der Waals surface area contributed by atoms with Gasteiger partial charge in [-0.2, -0.15) is 5.10 Å². The van der Waals surface area contributed by atoms with Gasteiger partial charge in [-0.05, 0) is 41.5 Å². The summed E-state index contributed by atoms with van der Waals surface area (Å²) in [4.78, 5) is 12.9. The Morgan fingerprint density at radius 2 is 1.73 bits per heavy atom. The van der Waals surface area contributed by atoms with Crippen LogP contribution in [0.25, 0.3) is 0 Å². The number of hydrogen-bond donors (Lipinski definition) is 2. The third-order valence-electron chi connectivity index (χ3n) is 4.61. The number of aromatic hydroxyl groups is 1. The summed E-state index contributed by atoms with van der Waals surface area (Å²) in [5.41, 5.74) is 3.97. The van der Waals surface area contributed by atoms with Gasteiger partial charge in [0, 0.05) is 0 Å². The van der Waals surface area contributed by atoms with Crippen molar-refractivity contribution in [3.05, 3.63) is 83.9 Å². The topological polar surface area (TPSA) is 89.4 Å². The van der Waals surface area contributed by atoms with Crippen molar-refractivity contribution < 1.29 is 24.1 Å². The number of phenols is 1. The molecule has 30 heavy (non-hydrogen) atoms. The number of para-hydroxylation sites is 2. The van der Waals surface area contributed by atoms with Crippen LogP contribution in [-0.2, 0) is 4.79 Å². The number of carbonyl (C=O) groups excluding carboxylic acids is 1. The summed E-state index contributed by atoms with van der Waals surface area (Å²) in [6, 6.07) is 21.4. The maximum Gasteiger partial charge on any atom is 0.285 e. The van der Waals surface area contributed by atoms with E-state index in [1.54, 1.807) is 24.3 Å². The quantitative estimate of drug-likeness (QED) is 0.502. The number of hydrogen-bond acceptors (Lipinski definition) is 6. The molecule has 7 heteroatoms. The number of rotatable bonds is 5. The van der Waals surface area contributed by atoms with Crippen molar-refractivity contribution in [2.24, 2.45) is 5.10 Å². The Hall–Kier alpha value is -4.00. The lowest BCUT2D eigenvalue weighted by atomic mass is 10.0. The van der Waals surface area contributed by atoms with E-state index < -0.39 is 18.1 Å². The average Bonchev–Trinajstić information content (AvgIpc) is 2.79. The van der Waals surface area contributed by atoms with Crippen LogP contribution >= 0.6 is 0 Å². The Kier molecular flexibility index (Phi) is 5.52. The van der Waals surface area contributed by atoms with Crippen LogP contribution < -0.4 is 19.6 Å². The molecule has 0 fully saturated rings. The van der Waals surface area contributed by atoms with E-state index in [-0.39, 0.29) is 5.75 Å². The van der Waals surface area contributed by atoms with E-state index >= 15 is 0 Å². The standard InChI is InChI=1S/C23H20N2O5/c1-28-20-13-15(11-12-17(20)26)14-24-25-23(27)22-21(16-7-3-2-4-8-16)29-18-9-5-6-10-19(18)30-22/h2-14,21-22,26H,1H3,(H,25,27)/b24-14+/t21-,22+/m1/s1. The van der Waals surface area contributed by atoms with Crippen molar-refractivity contribution in [2.45, 2.75) is 12.2 Å². The van der Waals surface area contributed by atoms with Crippen molar-refractivity contribution in [1.82, 2.24) is 5.43 Å². The molecule has 152 valence electrons. The first kappa shape index (κ1) is 19.3. The van der Waals surface area contributed by atoms with Gasteiger partial charge >= 0.3 is 0 Å². The highest BCUT2D eigenvalue weighted by atomic mass is 16.6. The molecular weight excluding hydrogens is 384 g/mol. The van der Waals surface area contributed by atoms with E-state index in [4.69, 9.17) is 14.2 Å². The van der Waals surface area contributed by atoms with E-state index in [1.807, 2.05) is 42.5 Å². The summed E-state index contributed by atoms with van der Waals surface area (Å²) in [5.74, 6) is 0.971. The molecule has 0 spiro atoms. The second-order valence-corrected chi connectivity index (χ2v) is 6.60. The fraction of sp³-hybridized carbons (Fsp3) is 0.130. The smallest absolute Gasteiger partial charge is 0.285 e. The number of methoxy groups -OCH3 is 1. The average molecular weight is 404 g/mol. The zero-order valence-corrected chi connectivity index (χ0v) is 16.2. The number of nitrogens with one attached hydrogen (secondary N) is 1. The maximum absolute atomic E-state index is 12.9. The van der Waals surface area contributed by atoms with Crippen molar-refractivity contribution in [3.63, 3.8) is 0 Å². The van der Waals surface area contributed by atoms with Crippen LogP contribution in [0.5, 0.6) is 23.0 Å². The summed E-state index contributed by atoms with van der Waals surface area (Å²) in [6.45, 7) is 0. The first-order valence-electron chi connectivity index (χ1n) is 9.33. The van der Waals surface area contributed by atoms with Gasteiger partial charge < -0.3 is 19.3 Å². The summed E-state index contributed by atoms with van der Waals surface area (Å²) in [6.07, 6.45) is -0.0893. The number of phenolic OH excluding ortho intramolecular Hbond substituents is 1. The highest BCUT2D eigenvalue weighted by molar-refractivity contribution is 5.86. The number of carbonyl (C=O) groups is 1. The van der Waals surface area contributed by atoms with Crippen LogP contribution in [-0.4, -0.2) is 30.4 Å². The Labute approximate surface area is 173 Å². The van der Waals surface area contributed by atoms with Gasteiger partial charge in [-0.25, -0.2) is 5.43 Å². The molecule has 1 aliphatic heterocycles. The molecule has 1 aliphatic rings. The van der Waals surface area contributed by atoms with E-state index in [9.17, 15) is 9.90 Å². The normalized spacial score (nSPS) is 17.5. The zero-order valence-electron chi connectivity index (χ0n) is 16.2. The summed E-state index contributed by atoms with van der Waals surface area (Å²) < 4.78 is 17.1. The molecule has 0 saturated carbocycles. The summed E-state index contributed by atoms with van der Waals surface area (Å²) in [7, 11) is 1.46. The van der Waals surface area contributed by atoms with Crippen molar-refractivity contribution in [1.29, 1.82) is 0 Å². The number of hydrazone groups is 1. The van der Waals surface area contributed by atoms with Crippen LogP contribution in [0.15, 0.2) is 77.9 Å². The lowest BCUT2D eigenvalue weighted by Crippen LogP contribution is -2.44. The minimum Gasteiger partial charge on any atom is -0.504 e. The number of benzene rings is 3. The predicted octanol–water partition coefficient (Wildman–Crippen LogP) is 3.43. The molecule has 0 unspecified atom stereocenters. The maximum atomic E-state index is 12.9. The molecule has 1 amide bonds. The van der Waals surface area contributed by atoms with Crippen LogP contribution in [0.4, 0.5) is 0 Å². The molecule has 3 aromatic carbocycles. The number of nitrogens with zero attached hydrogens (tertiary/aromatic N) is 1. The van der Waals surface area contributed by atoms with Gasteiger partial charge in [0.1, 0.15) is 0 Å². The van der Waals surface area contributed by atoms with Gasteiger partial charge in [0.15, 0.2) is 29.1 Å². The Bertz CT molecular complexity index is 1070. The Morgan fingerprint density at radius 1 is 1.03 bits per heavy atom. The minimum absolute atomic E-state index is 0.0239. The molecule has 2 atom stereocenters. The van der Waals surface area contributed by atoms with Crippen LogP contribution in [0, 0.1) is 0 Å². The van der Waals surface area contributed by atoms with Crippen molar-refractivity contribution in [3.8, 4) is 23.0 Å². The minimum atomic E-state index is -0.922. The van der Waals surface area contributed by atoms with Crippen LogP contribution in [0.1, 0.15) is 17.2 Å². The molecule has 7 nitrogen and oxygen atoms in total. The second kappa shape index (κ2) is 8.57. The largest absolute Gasteiger partial charge is 0.504 e. The first-order chi connectivity index (χ1) is 14.7. The molecule has 0 bridgehead atoms. The second-order valence-electron chi connectivity index (χ2n) is 6.60. The molecule has 0 radical (unpaired) electrons. The van der Waals surface area contributed by atoms with Crippen molar-refractivity contribution in [2.75, 3.05) is 7.11 Å². The zero-order chi connectivity index (χ0) is 20.9. The first-order valence-corrected chi connectivity index (χ1v) is 9.33. The molecular formula is C23H20N2O5. The molecule has 4 rings (SSSR count). The van der Waals surface area contributed by atoms with Gasteiger partial charge in [0.25, 0.3) is 5.91 Å². The van der Waals surface area contributed by atoms with Gasteiger partial charge in [-0.3, -0.25) is 4.79 Å². The fourth-order valence-electron chi connectivity index (χ4n) is 3.13. The molecule has 2 N–H and O–H groups in total. The lowest BCUT2D eigenvalue weighted by molar-refractivity contribution is -0.134. The third-order valence-corrected chi connectivity index (χ3v) is 4.61. The number of fused-ring (bicyclic) bond motifs is 1. The third kappa shape index (κ3) is 4.05. The van der Waals surface area contributed by atoms with Gasteiger partial charge in [-0.15, -0.1) is 0 Å². The number of ether oxygens (including phenoxy) is 3. The Balaban J connectivity index is 1.53. The van der Waals surface area contributed by atoms with E-state index in [1.165, 1.54) is 19.4 Å². The van der Waals surface area contributed by atoms with Crippen LogP contribution in [0.3, 0.4) is 0 Å². The van der Waals surface area contributed by atoms with Crippen LogP contribution in [0.2, 0.25) is 0 Å². The Morgan fingerprint density at radius 3 is 2.47 bits per heavy atom. The molecule has 1 heterocycles. The molecule has 0 aliphatic carbocycles. The lowest BCUT2D eigenvalue weighted by Gasteiger charge is -2.32. The summed E-state index contributed by atoms with van der Waals surface area (Å²) >= 11 is 0. The van der Waals surface area contributed by atoms with E-state index in [2.05, 4.69) is 10.5 Å². The molecule has 0 saturated heterocycles. The van der Waals surface area contributed by atoms with E-state index in [0.29, 0.717) is 22.8 Å². The van der Waals surface area contributed by atoms with E-state index in [0.717, 1.165) is 5.56 Å².